The van der Waals surface area contributed by atoms with Crippen LogP contribution >= 0.6 is 11.8 Å². The maximum absolute atomic E-state index is 14.4. The van der Waals surface area contributed by atoms with Gasteiger partial charge in [0, 0.05) is 18.0 Å². The van der Waals surface area contributed by atoms with Gasteiger partial charge in [-0.15, -0.1) is 6.42 Å². The zero-order valence-corrected chi connectivity index (χ0v) is 29.3. The van der Waals surface area contributed by atoms with Gasteiger partial charge in [-0.3, -0.25) is 9.59 Å². The summed E-state index contributed by atoms with van der Waals surface area (Å²) < 4.78 is 11.1. The SMILES string of the molecule is C#Cc1ccc(C(C(=O)NC(Cc2ccccc2)C(=O)OC(C)(C)C)N(C(=O)C(CCSC)NC(=O)OC(C)(C)C)C(C)C)cc1. The van der Waals surface area contributed by atoms with E-state index in [4.69, 9.17) is 15.9 Å². The summed E-state index contributed by atoms with van der Waals surface area (Å²) in [5.41, 5.74) is 0.349. The number of nitrogens with one attached hydrogen (secondary N) is 2. The fourth-order valence-electron chi connectivity index (χ4n) is 4.67. The van der Waals surface area contributed by atoms with Crippen molar-refractivity contribution in [1.82, 2.24) is 15.5 Å². The molecule has 0 saturated heterocycles. The van der Waals surface area contributed by atoms with Gasteiger partial charge in [0.15, 0.2) is 0 Å². The van der Waals surface area contributed by atoms with Crippen LogP contribution in [0.3, 0.4) is 0 Å². The molecular formula is C36H49N3O6S. The monoisotopic (exact) mass is 651 g/mol. The molecule has 3 unspecified atom stereocenters. The molecule has 2 rings (SSSR count). The topological polar surface area (TPSA) is 114 Å². The van der Waals surface area contributed by atoms with E-state index in [2.05, 4.69) is 16.6 Å². The molecule has 3 atom stereocenters. The number of nitrogens with zero attached hydrogens (tertiary/aromatic N) is 1. The van der Waals surface area contributed by atoms with Crippen LogP contribution in [0.4, 0.5) is 4.79 Å². The zero-order valence-electron chi connectivity index (χ0n) is 28.5. The lowest BCUT2D eigenvalue weighted by molar-refractivity contribution is -0.159. The second-order valence-electron chi connectivity index (χ2n) is 13.3. The quantitative estimate of drug-likeness (QED) is 0.212. The molecule has 9 nitrogen and oxygen atoms in total. The number of carbonyl (C=O) groups excluding carboxylic acids is 4. The Morgan fingerprint density at radius 3 is 1.96 bits per heavy atom. The van der Waals surface area contributed by atoms with Crippen molar-refractivity contribution in [3.05, 3.63) is 71.3 Å². The second-order valence-corrected chi connectivity index (χ2v) is 14.3. The minimum atomic E-state index is -1.17. The van der Waals surface area contributed by atoms with Crippen molar-refractivity contribution < 1.29 is 28.7 Å². The fourth-order valence-corrected chi connectivity index (χ4v) is 5.14. The number of terminal acetylenes is 1. The lowest BCUT2D eigenvalue weighted by Crippen LogP contribution is -2.56. The van der Waals surface area contributed by atoms with Crippen LogP contribution in [0.15, 0.2) is 54.6 Å². The van der Waals surface area contributed by atoms with Crippen molar-refractivity contribution in [2.75, 3.05) is 12.0 Å². The Hall–Kier alpha value is -3.97. The first kappa shape index (κ1) is 38.2. The Balaban J connectivity index is 2.60. The summed E-state index contributed by atoms with van der Waals surface area (Å²) >= 11 is 1.53. The van der Waals surface area contributed by atoms with E-state index in [0.29, 0.717) is 23.3 Å². The number of hydrogen-bond acceptors (Lipinski definition) is 7. The Bertz CT molecular complexity index is 1360. The van der Waals surface area contributed by atoms with E-state index in [-0.39, 0.29) is 6.42 Å². The highest BCUT2D eigenvalue weighted by molar-refractivity contribution is 7.98. The molecule has 0 radical (unpaired) electrons. The second kappa shape index (κ2) is 17.1. The van der Waals surface area contributed by atoms with Crippen LogP contribution in [-0.4, -0.2) is 70.1 Å². The number of alkyl carbamates (subject to hydrolysis) is 1. The van der Waals surface area contributed by atoms with Crippen molar-refractivity contribution in [3.8, 4) is 12.3 Å². The number of thioether (sulfide) groups is 1. The standard InChI is InChI=1S/C36H49N3O6S/c1-11-25-17-19-27(20-18-25)30(31(40)37-29(33(42)44-35(4,5)6)23-26-15-13-12-14-16-26)39(24(2)3)32(41)28(21-22-46-10)38-34(43)45-36(7,8)9/h1,12-20,24,28-30H,21-23H2,2-10H3,(H,37,40)(H,38,43). The van der Waals surface area contributed by atoms with Crippen LogP contribution in [0.1, 0.15) is 84.5 Å². The van der Waals surface area contributed by atoms with Gasteiger partial charge in [0.1, 0.15) is 29.3 Å². The number of ether oxygens (including phenoxy) is 2. The van der Waals surface area contributed by atoms with Gasteiger partial charge in [0.25, 0.3) is 0 Å². The zero-order chi connectivity index (χ0) is 34.7. The highest BCUT2D eigenvalue weighted by Gasteiger charge is 2.39. The molecule has 0 aliphatic carbocycles. The van der Waals surface area contributed by atoms with Gasteiger partial charge < -0.3 is 25.0 Å². The first-order valence-electron chi connectivity index (χ1n) is 15.4. The van der Waals surface area contributed by atoms with Gasteiger partial charge in [-0.2, -0.15) is 11.8 Å². The van der Waals surface area contributed by atoms with Crippen LogP contribution in [0.25, 0.3) is 0 Å². The molecule has 0 heterocycles. The van der Waals surface area contributed by atoms with Crippen molar-refractivity contribution in [1.29, 1.82) is 0 Å². The van der Waals surface area contributed by atoms with Crippen LogP contribution in [0.5, 0.6) is 0 Å². The molecule has 0 spiro atoms. The van der Waals surface area contributed by atoms with Crippen molar-refractivity contribution >= 4 is 35.6 Å². The smallest absolute Gasteiger partial charge is 0.408 e. The summed E-state index contributed by atoms with van der Waals surface area (Å²) in [6.07, 6.45) is 7.25. The predicted octanol–water partition coefficient (Wildman–Crippen LogP) is 5.66. The Morgan fingerprint density at radius 2 is 1.46 bits per heavy atom. The minimum absolute atomic E-state index is 0.177. The van der Waals surface area contributed by atoms with Crippen molar-refractivity contribution in [2.24, 2.45) is 0 Å². The van der Waals surface area contributed by atoms with Crippen LogP contribution in [0.2, 0.25) is 0 Å². The molecule has 250 valence electrons. The molecule has 2 aromatic carbocycles. The maximum Gasteiger partial charge on any atom is 0.408 e. The van der Waals surface area contributed by atoms with E-state index >= 15 is 0 Å². The van der Waals surface area contributed by atoms with Gasteiger partial charge in [0.05, 0.1) is 0 Å². The third kappa shape index (κ3) is 12.4. The van der Waals surface area contributed by atoms with E-state index in [1.165, 1.54) is 16.7 Å². The Morgan fingerprint density at radius 1 is 0.870 bits per heavy atom. The van der Waals surface area contributed by atoms with Crippen LogP contribution in [0, 0.1) is 12.3 Å². The Kier molecular flexibility index (Phi) is 14.2. The molecule has 46 heavy (non-hydrogen) atoms. The summed E-state index contributed by atoms with van der Waals surface area (Å²) in [7, 11) is 0. The van der Waals surface area contributed by atoms with Gasteiger partial charge in [-0.25, -0.2) is 9.59 Å². The first-order chi connectivity index (χ1) is 21.5. The van der Waals surface area contributed by atoms with E-state index in [0.717, 1.165) is 5.56 Å². The highest BCUT2D eigenvalue weighted by atomic mass is 32.2. The molecule has 2 aromatic rings. The third-order valence-corrected chi connectivity index (χ3v) is 7.26. The predicted molar refractivity (Wildman–Crippen MR) is 183 cm³/mol. The molecule has 0 fully saturated rings. The Labute approximate surface area is 278 Å². The lowest BCUT2D eigenvalue weighted by Gasteiger charge is -2.38. The molecule has 3 amide bonds. The van der Waals surface area contributed by atoms with E-state index < -0.39 is 59.2 Å². The summed E-state index contributed by atoms with van der Waals surface area (Å²) in [5.74, 6) is 1.50. The van der Waals surface area contributed by atoms with Crippen LogP contribution in [-0.2, 0) is 30.3 Å². The number of esters is 1. The fraction of sp³-hybridized carbons (Fsp3) is 0.500. The number of hydrogen-bond donors (Lipinski definition) is 2. The van der Waals surface area contributed by atoms with Gasteiger partial charge in [0.2, 0.25) is 11.8 Å². The molecule has 0 bridgehead atoms. The van der Waals surface area contributed by atoms with Gasteiger partial charge >= 0.3 is 12.1 Å². The van der Waals surface area contributed by atoms with E-state index in [9.17, 15) is 19.2 Å². The summed E-state index contributed by atoms with van der Waals surface area (Å²) in [6, 6.07) is 12.4. The maximum atomic E-state index is 14.4. The van der Waals surface area contributed by atoms with Gasteiger partial charge in [-0.05, 0) is 97.1 Å². The summed E-state index contributed by atoms with van der Waals surface area (Å²) in [6.45, 7) is 14.1. The van der Waals surface area contributed by atoms with Gasteiger partial charge in [-0.1, -0.05) is 48.4 Å². The summed E-state index contributed by atoms with van der Waals surface area (Å²) in [4.78, 5) is 56.5. The van der Waals surface area contributed by atoms with Crippen LogP contribution < -0.4 is 10.6 Å². The third-order valence-electron chi connectivity index (χ3n) is 6.62. The summed E-state index contributed by atoms with van der Waals surface area (Å²) in [5, 5.41) is 5.62. The van der Waals surface area contributed by atoms with Crippen molar-refractivity contribution in [3.63, 3.8) is 0 Å². The molecule has 0 saturated carbocycles. The lowest BCUT2D eigenvalue weighted by atomic mass is 9.98. The molecule has 0 aliphatic rings. The molecule has 10 heteroatoms. The van der Waals surface area contributed by atoms with E-state index in [1.54, 1.807) is 79.7 Å². The highest BCUT2D eigenvalue weighted by Crippen LogP contribution is 2.27. The molecule has 2 N–H and O–H groups in total. The molecular weight excluding hydrogens is 602 g/mol. The molecule has 0 aromatic heterocycles. The van der Waals surface area contributed by atoms with E-state index in [1.807, 2.05) is 36.6 Å². The molecule has 0 aliphatic heterocycles. The minimum Gasteiger partial charge on any atom is -0.458 e. The number of amides is 3. The first-order valence-corrected chi connectivity index (χ1v) is 16.8. The number of carbonyl (C=O) groups is 4. The number of rotatable bonds is 13. The van der Waals surface area contributed by atoms with Crippen molar-refractivity contribution in [2.45, 2.75) is 104 Å². The average Bonchev–Trinajstić information content (AvgIpc) is 2.95. The average molecular weight is 652 g/mol. The normalized spacial score (nSPS) is 13.5. The largest absolute Gasteiger partial charge is 0.458 e. The number of benzene rings is 2.